The summed E-state index contributed by atoms with van der Waals surface area (Å²) in [4.78, 5) is 7.64. The molecule has 0 spiro atoms. The maximum Gasteiger partial charge on any atom is 0.0890 e. The van der Waals surface area contributed by atoms with Crippen molar-refractivity contribution >= 4 is 59.5 Å². The van der Waals surface area contributed by atoms with E-state index >= 15 is 0 Å². The van der Waals surface area contributed by atoms with Crippen molar-refractivity contribution in [2.45, 2.75) is 19.3 Å². The summed E-state index contributed by atoms with van der Waals surface area (Å²) < 4.78 is 2.44. The van der Waals surface area contributed by atoms with Crippen LogP contribution in [0.25, 0.3) is 64.5 Å². The lowest BCUT2D eigenvalue weighted by Gasteiger charge is -2.30. The Kier molecular flexibility index (Phi) is 6.74. The Bertz CT molecular complexity index is 2760. The number of benzene rings is 7. The number of nitrogens with zero attached hydrogens (tertiary/aromatic N) is 2. The standard InChI is InChI=1S/C48H34N2S/c1-48(2)42-20-12-11-19-38(42)40-28-39(33-15-7-4-8-16-33)44(29-43(40)48)50(36-23-21-32(22-24-36)31-13-5-3-6-14-31)37-27-46-47(49-30-37)41-25-34-17-9-10-18-35(34)26-45(41)51-46/h3-30H,1-2H3. The molecular formula is C48H34N2S. The van der Waals surface area contributed by atoms with Crippen molar-refractivity contribution in [3.63, 3.8) is 0 Å². The van der Waals surface area contributed by atoms with Gasteiger partial charge in [-0.25, -0.2) is 0 Å². The third kappa shape index (κ3) is 4.80. The smallest absolute Gasteiger partial charge is 0.0890 e. The number of rotatable bonds is 5. The van der Waals surface area contributed by atoms with Gasteiger partial charge in [-0.15, -0.1) is 11.3 Å². The lowest BCUT2D eigenvalue weighted by molar-refractivity contribution is 0.660. The van der Waals surface area contributed by atoms with Gasteiger partial charge in [0.15, 0.2) is 0 Å². The molecule has 0 amide bonds. The number of thiophene rings is 1. The molecule has 2 heterocycles. The summed E-state index contributed by atoms with van der Waals surface area (Å²) >= 11 is 1.82. The van der Waals surface area contributed by atoms with E-state index in [1.54, 1.807) is 0 Å². The average Bonchev–Trinajstić information content (AvgIpc) is 3.64. The summed E-state index contributed by atoms with van der Waals surface area (Å²) in [6.45, 7) is 4.72. The molecule has 0 unspecified atom stereocenters. The molecule has 9 aromatic rings. The zero-order valence-electron chi connectivity index (χ0n) is 28.5. The minimum atomic E-state index is -0.144. The van der Waals surface area contributed by atoms with Crippen LogP contribution < -0.4 is 4.90 Å². The normalized spacial score (nSPS) is 13.1. The van der Waals surface area contributed by atoms with Crippen LogP contribution in [0.3, 0.4) is 0 Å². The molecule has 0 atom stereocenters. The van der Waals surface area contributed by atoms with Crippen molar-refractivity contribution in [2.24, 2.45) is 0 Å². The molecule has 2 aromatic heterocycles. The van der Waals surface area contributed by atoms with Crippen LogP contribution in [0, 0.1) is 0 Å². The summed E-state index contributed by atoms with van der Waals surface area (Å²) in [5.74, 6) is 0. The molecule has 0 saturated carbocycles. The second-order valence-corrected chi connectivity index (χ2v) is 15.1. The lowest BCUT2D eigenvalue weighted by atomic mass is 9.81. The summed E-state index contributed by atoms with van der Waals surface area (Å²) in [6.07, 6.45) is 2.07. The number of anilines is 3. The maximum atomic E-state index is 5.22. The minimum absolute atomic E-state index is 0.144. The van der Waals surface area contributed by atoms with Crippen LogP contribution in [-0.2, 0) is 5.41 Å². The molecule has 51 heavy (non-hydrogen) atoms. The Morgan fingerprint density at radius 2 is 1.14 bits per heavy atom. The molecule has 1 aliphatic carbocycles. The molecule has 0 saturated heterocycles. The van der Waals surface area contributed by atoms with Gasteiger partial charge in [-0.3, -0.25) is 4.98 Å². The highest BCUT2D eigenvalue weighted by Crippen LogP contribution is 2.53. The van der Waals surface area contributed by atoms with E-state index in [0.29, 0.717) is 0 Å². The predicted octanol–water partition coefficient (Wildman–Crippen LogP) is 13.7. The van der Waals surface area contributed by atoms with E-state index in [-0.39, 0.29) is 5.41 Å². The highest BCUT2D eigenvalue weighted by atomic mass is 32.1. The third-order valence-corrected chi connectivity index (χ3v) is 11.8. The van der Waals surface area contributed by atoms with Crippen LogP contribution >= 0.6 is 11.3 Å². The zero-order chi connectivity index (χ0) is 34.1. The molecule has 1 aliphatic rings. The van der Waals surface area contributed by atoms with Crippen molar-refractivity contribution in [1.29, 1.82) is 0 Å². The summed E-state index contributed by atoms with van der Waals surface area (Å²) in [7, 11) is 0. The number of hydrogen-bond acceptors (Lipinski definition) is 3. The maximum absolute atomic E-state index is 5.22. The van der Waals surface area contributed by atoms with E-state index < -0.39 is 0 Å². The molecule has 0 fully saturated rings. The highest BCUT2D eigenvalue weighted by molar-refractivity contribution is 7.25. The molecule has 10 rings (SSSR count). The van der Waals surface area contributed by atoms with E-state index in [1.807, 2.05) is 11.3 Å². The second-order valence-electron chi connectivity index (χ2n) is 14.0. The van der Waals surface area contributed by atoms with Gasteiger partial charge < -0.3 is 4.90 Å². The number of aromatic nitrogens is 1. The Morgan fingerprint density at radius 1 is 0.490 bits per heavy atom. The van der Waals surface area contributed by atoms with Crippen LogP contribution in [0.5, 0.6) is 0 Å². The van der Waals surface area contributed by atoms with E-state index in [0.717, 1.165) is 22.6 Å². The van der Waals surface area contributed by atoms with Gasteiger partial charge in [-0.1, -0.05) is 135 Å². The summed E-state index contributed by atoms with van der Waals surface area (Å²) in [5.41, 5.74) is 14.3. The average molecular weight is 671 g/mol. The minimum Gasteiger partial charge on any atom is -0.308 e. The molecular weight excluding hydrogens is 637 g/mol. The molecule has 242 valence electrons. The zero-order valence-corrected chi connectivity index (χ0v) is 29.3. The van der Waals surface area contributed by atoms with Gasteiger partial charge in [0.1, 0.15) is 0 Å². The van der Waals surface area contributed by atoms with Gasteiger partial charge in [0.25, 0.3) is 0 Å². The van der Waals surface area contributed by atoms with Crippen molar-refractivity contribution in [3.8, 4) is 33.4 Å². The van der Waals surface area contributed by atoms with Gasteiger partial charge >= 0.3 is 0 Å². The van der Waals surface area contributed by atoms with Crippen LogP contribution in [0.2, 0.25) is 0 Å². The van der Waals surface area contributed by atoms with Crippen LogP contribution in [-0.4, -0.2) is 4.98 Å². The molecule has 3 heteroatoms. The number of pyridine rings is 1. The first-order valence-electron chi connectivity index (χ1n) is 17.5. The lowest BCUT2D eigenvalue weighted by Crippen LogP contribution is -2.17. The van der Waals surface area contributed by atoms with E-state index in [2.05, 4.69) is 189 Å². The Morgan fingerprint density at radius 3 is 1.90 bits per heavy atom. The SMILES string of the molecule is CC1(C)c2ccccc2-c2cc(-c3ccccc3)c(N(c3ccc(-c4ccccc4)cc3)c3cnc4c(c3)sc3cc5ccccc5cc34)cc21. The largest absolute Gasteiger partial charge is 0.308 e. The van der Waals surface area contributed by atoms with Gasteiger partial charge in [0.2, 0.25) is 0 Å². The summed E-state index contributed by atoms with van der Waals surface area (Å²) in [5, 5.41) is 3.71. The van der Waals surface area contributed by atoms with Crippen molar-refractivity contribution in [2.75, 3.05) is 4.90 Å². The fourth-order valence-electron chi connectivity index (χ4n) is 8.07. The van der Waals surface area contributed by atoms with Gasteiger partial charge in [-0.05, 0) is 92.2 Å². The fraction of sp³-hybridized carbons (Fsp3) is 0.0625. The molecule has 0 aliphatic heterocycles. The molecule has 0 N–H and O–H groups in total. The third-order valence-electron chi connectivity index (χ3n) is 10.7. The molecule has 0 bridgehead atoms. The fourth-order valence-corrected chi connectivity index (χ4v) is 9.20. The second kappa shape index (κ2) is 11.5. The number of hydrogen-bond donors (Lipinski definition) is 0. The monoisotopic (exact) mass is 670 g/mol. The van der Waals surface area contributed by atoms with Gasteiger partial charge in [0, 0.05) is 26.8 Å². The van der Waals surface area contributed by atoms with Crippen molar-refractivity contribution in [1.82, 2.24) is 4.98 Å². The summed E-state index contributed by atoms with van der Waals surface area (Å²) in [6, 6.07) is 59.7. The Labute approximate surface area is 301 Å². The van der Waals surface area contributed by atoms with Gasteiger partial charge in [-0.2, -0.15) is 0 Å². The Hall–Kier alpha value is -6.03. The topological polar surface area (TPSA) is 16.1 Å². The Balaban J connectivity index is 1.23. The van der Waals surface area contributed by atoms with Crippen LogP contribution in [0.15, 0.2) is 170 Å². The van der Waals surface area contributed by atoms with Crippen molar-refractivity contribution < 1.29 is 0 Å². The first kappa shape index (κ1) is 29.8. The number of fused-ring (bicyclic) bond motifs is 7. The molecule has 2 nitrogen and oxygen atoms in total. The van der Waals surface area contributed by atoms with Crippen molar-refractivity contribution in [3.05, 3.63) is 181 Å². The first-order valence-corrected chi connectivity index (χ1v) is 18.4. The molecule has 7 aromatic carbocycles. The predicted molar refractivity (Wildman–Crippen MR) is 218 cm³/mol. The first-order chi connectivity index (χ1) is 25.0. The van der Waals surface area contributed by atoms with Crippen LogP contribution in [0.4, 0.5) is 17.1 Å². The van der Waals surface area contributed by atoms with Crippen LogP contribution in [0.1, 0.15) is 25.0 Å². The molecule has 0 radical (unpaired) electrons. The van der Waals surface area contributed by atoms with Gasteiger partial charge in [0.05, 0.1) is 27.8 Å². The van der Waals surface area contributed by atoms with E-state index in [4.69, 9.17) is 4.98 Å². The van der Waals surface area contributed by atoms with E-state index in [1.165, 1.54) is 70.1 Å². The quantitative estimate of drug-likeness (QED) is 0.181. The highest BCUT2D eigenvalue weighted by Gasteiger charge is 2.37. The van der Waals surface area contributed by atoms with E-state index in [9.17, 15) is 0 Å².